The molecule has 0 amide bonds. The van der Waals surface area contributed by atoms with Crippen LogP contribution in [-0.2, 0) is 0 Å². The average Bonchev–Trinajstić information content (AvgIpc) is 2.98. The summed E-state index contributed by atoms with van der Waals surface area (Å²) >= 11 is 5.43. The molecule has 0 N–H and O–H groups in total. The molecule has 0 radical (unpaired) electrons. The quantitative estimate of drug-likeness (QED) is 0.553. The smallest absolute Gasteiger partial charge is 0.0102 e. The fourth-order valence-electron chi connectivity index (χ4n) is 2.19. The van der Waals surface area contributed by atoms with E-state index in [0.717, 1.165) is 0 Å². The van der Waals surface area contributed by atoms with Gasteiger partial charge in [-0.3, -0.25) is 0 Å². The Bertz CT molecular complexity index is 558. The standard InChI is InChI=1S/C14H12S3/c1-9-13(11-3-5-15-7-11)14(10(2)17-9)12-4-6-16-8-12/h3-8H,1-2H3. The van der Waals surface area contributed by atoms with Crippen molar-refractivity contribution in [2.75, 3.05) is 0 Å². The first-order valence-electron chi connectivity index (χ1n) is 5.42. The minimum absolute atomic E-state index is 1.36. The maximum absolute atomic E-state index is 2.24. The molecule has 3 aromatic rings. The predicted octanol–water partition coefficient (Wildman–Crippen LogP) is 5.82. The highest BCUT2D eigenvalue weighted by atomic mass is 32.1. The van der Waals surface area contributed by atoms with E-state index in [1.54, 1.807) is 22.7 Å². The third-order valence-corrected chi connectivity index (χ3v) is 5.27. The van der Waals surface area contributed by atoms with Crippen molar-refractivity contribution in [2.24, 2.45) is 0 Å². The molecule has 0 nitrogen and oxygen atoms in total. The summed E-state index contributed by atoms with van der Waals surface area (Å²) in [6, 6.07) is 4.43. The molecule has 86 valence electrons. The maximum atomic E-state index is 2.24. The fourth-order valence-corrected chi connectivity index (χ4v) is 4.59. The lowest BCUT2D eigenvalue weighted by Crippen LogP contribution is -1.79. The van der Waals surface area contributed by atoms with Crippen LogP contribution in [0.4, 0.5) is 0 Å². The van der Waals surface area contributed by atoms with Crippen LogP contribution in [0.15, 0.2) is 33.7 Å². The zero-order valence-electron chi connectivity index (χ0n) is 9.69. The molecule has 3 aromatic heterocycles. The van der Waals surface area contributed by atoms with Gasteiger partial charge in [0.05, 0.1) is 0 Å². The minimum Gasteiger partial charge on any atom is -0.152 e. The van der Waals surface area contributed by atoms with Gasteiger partial charge in [-0.2, -0.15) is 22.7 Å². The molecule has 0 spiro atoms. The van der Waals surface area contributed by atoms with Crippen LogP contribution in [0, 0.1) is 13.8 Å². The van der Waals surface area contributed by atoms with Crippen LogP contribution in [0.2, 0.25) is 0 Å². The van der Waals surface area contributed by atoms with Gasteiger partial charge < -0.3 is 0 Å². The van der Waals surface area contributed by atoms with Gasteiger partial charge in [-0.15, -0.1) is 11.3 Å². The summed E-state index contributed by atoms with van der Waals surface area (Å²) in [7, 11) is 0. The van der Waals surface area contributed by atoms with Gasteiger partial charge in [-0.25, -0.2) is 0 Å². The minimum atomic E-state index is 1.36. The largest absolute Gasteiger partial charge is 0.152 e. The van der Waals surface area contributed by atoms with E-state index in [1.807, 2.05) is 11.3 Å². The Balaban J connectivity index is 2.28. The Morgan fingerprint density at radius 3 is 1.59 bits per heavy atom. The van der Waals surface area contributed by atoms with Crippen LogP contribution in [-0.4, -0.2) is 0 Å². The third kappa shape index (κ3) is 1.88. The van der Waals surface area contributed by atoms with Gasteiger partial charge in [0, 0.05) is 20.9 Å². The number of hydrogen-bond acceptors (Lipinski definition) is 3. The lowest BCUT2D eigenvalue weighted by Gasteiger charge is -2.03. The molecule has 3 heteroatoms. The van der Waals surface area contributed by atoms with E-state index >= 15 is 0 Å². The lowest BCUT2D eigenvalue weighted by atomic mass is 9.99. The normalized spacial score (nSPS) is 10.9. The van der Waals surface area contributed by atoms with Gasteiger partial charge in [0.25, 0.3) is 0 Å². The molecule has 0 unspecified atom stereocenters. The van der Waals surface area contributed by atoms with E-state index in [-0.39, 0.29) is 0 Å². The molecular formula is C14H12S3. The van der Waals surface area contributed by atoms with Crippen LogP contribution < -0.4 is 0 Å². The summed E-state index contributed by atoms with van der Waals surface area (Å²) in [5.74, 6) is 0. The van der Waals surface area contributed by atoms with E-state index < -0.39 is 0 Å². The number of rotatable bonds is 2. The molecule has 0 aromatic carbocycles. The summed E-state index contributed by atoms with van der Waals surface area (Å²) in [6.07, 6.45) is 0. The highest BCUT2D eigenvalue weighted by molar-refractivity contribution is 7.13. The monoisotopic (exact) mass is 276 g/mol. The lowest BCUT2D eigenvalue weighted by molar-refractivity contribution is 1.58. The van der Waals surface area contributed by atoms with Crippen LogP contribution in [0.25, 0.3) is 22.3 Å². The Kier molecular flexibility index (Phi) is 2.90. The summed E-state index contributed by atoms with van der Waals surface area (Å²) in [6.45, 7) is 4.45. The van der Waals surface area contributed by atoms with Gasteiger partial charge in [-0.05, 0) is 58.6 Å². The van der Waals surface area contributed by atoms with Crippen LogP contribution >= 0.6 is 34.0 Å². The van der Waals surface area contributed by atoms with Crippen molar-refractivity contribution in [3.05, 3.63) is 43.4 Å². The van der Waals surface area contributed by atoms with Gasteiger partial charge >= 0.3 is 0 Å². The SMILES string of the molecule is Cc1sc(C)c(-c2ccsc2)c1-c1ccsc1. The molecule has 0 fully saturated rings. The van der Waals surface area contributed by atoms with E-state index in [4.69, 9.17) is 0 Å². The van der Waals surface area contributed by atoms with Crippen LogP contribution in [0.3, 0.4) is 0 Å². The van der Waals surface area contributed by atoms with Crippen molar-refractivity contribution in [2.45, 2.75) is 13.8 Å². The fraction of sp³-hybridized carbons (Fsp3) is 0.143. The highest BCUT2D eigenvalue weighted by Crippen LogP contribution is 2.43. The number of hydrogen-bond donors (Lipinski definition) is 0. The molecule has 3 heterocycles. The van der Waals surface area contributed by atoms with Crippen molar-refractivity contribution in [3.63, 3.8) is 0 Å². The topological polar surface area (TPSA) is 0 Å². The van der Waals surface area contributed by atoms with Crippen LogP contribution in [0.5, 0.6) is 0 Å². The number of aryl methyl sites for hydroxylation is 2. The molecule has 0 saturated carbocycles. The molecule has 0 bridgehead atoms. The van der Waals surface area contributed by atoms with Crippen molar-refractivity contribution in [1.29, 1.82) is 0 Å². The first-order valence-corrected chi connectivity index (χ1v) is 8.12. The van der Waals surface area contributed by atoms with E-state index in [2.05, 4.69) is 47.5 Å². The highest BCUT2D eigenvalue weighted by Gasteiger charge is 2.16. The van der Waals surface area contributed by atoms with Gasteiger partial charge in [0.1, 0.15) is 0 Å². The summed E-state index contributed by atoms with van der Waals surface area (Å²) in [4.78, 5) is 2.84. The summed E-state index contributed by atoms with van der Waals surface area (Å²) < 4.78 is 0. The first-order chi connectivity index (χ1) is 8.27. The Labute approximate surface area is 113 Å². The van der Waals surface area contributed by atoms with Gasteiger partial charge in [0.15, 0.2) is 0 Å². The van der Waals surface area contributed by atoms with Gasteiger partial charge in [-0.1, -0.05) is 0 Å². The molecule has 0 saturated heterocycles. The first kappa shape index (κ1) is 11.2. The molecule has 17 heavy (non-hydrogen) atoms. The van der Waals surface area contributed by atoms with Crippen molar-refractivity contribution in [3.8, 4) is 22.3 Å². The predicted molar refractivity (Wildman–Crippen MR) is 80.4 cm³/mol. The van der Waals surface area contributed by atoms with E-state index in [1.165, 1.54) is 32.0 Å². The third-order valence-electron chi connectivity index (χ3n) is 2.88. The zero-order chi connectivity index (χ0) is 11.8. The Hall–Kier alpha value is -0.900. The van der Waals surface area contributed by atoms with Crippen molar-refractivity contribution in [1.82, 2.24) is 0 Å². The molecular weight excluding hydrogens is 264 g/mol. The molecule has 0 atom stereocenters. The van der Waals surface area contributed by atoms with Crippen LogP contribution in [0.1, 0.15) is 9.75 Å². The second kappa shape index (κ2) is 4.41. The Morgan fingerprint density at radius 1 is 0.765 bits per heavy atom. The average molecular weight is 276 g/mol. The second-order valence-corrected chi connectivity index (χ2v) is 6.98. The summed E-state index contributed by atoms with van der Waals surface area (Å²) in [5.41, 5.74) is 5.57. The summed E-state index contributed by atoms with van der Waals surface area (Å²) in [5, 5.41) is 8.78. The van der Waals surface area contributed by atoms with E-state index in [9.17, 15) is 0 Å². The molecule has 0 aliphatic heterocycles. The number of thiophene rings is 3. The second-order valence-electron chi connectivity index (χ2n) is 3.99. The van der Waals surface area contributed by atoms with Gasteiger partial charge in [0.2, 0.25) is 0 Å². The van der Waals surface area contributed by atoms with Crippen molar-refractivity contribution >= 4 is 34.0 Å². The maximum Gasteiger partial charge on any atom is 0.0102 e. The zero-order valence-corrected chi connectivity index (χ0v) is 12.1. The molecule has 3 rings (SSSR count). The van der Waals surface area contributed by atoms with Crippen molar-refractivity contribution < 1.29 is 0 Å². The Morgan fingerprint density at radius 2 is 1.24 bits per heavy atom. The molecule has 0 aliphatic carbocycles. The van der Waals surface area contributed by atoms with E-state index in [0.29, 0.717) is 0 Å². The molecule has 0 aliphatic rings.